The first-order valence-electron chi connectivity index (χ1n) is 10.2. The largest absolute Gasteiger partial charge is 0.378 e. The molecule has 1 heterocycles. The second-order valence-electron chi connectivity index (χ2n) is 7.61. The van der Waals surface area contributed by atoms with E-state index in [0.717, 1.165) is 37.4 Å². The zero-order chi connectivity index (χ0) is 20.9. The van der Waals surface area contributed by atoms with E-state index in [1.165, 1.54) is 5.69 Å². The Morgan fingerprint density at radius 3 is 2.14 bits per heavy atom. The van der Waals surface area contributed by atoms with Gasteiger partial charge < -0.3 is 9.80 Å². The highest BCUT2D eigenvalue weighted by Gasteiger charge is 2.26. The van der Waals surface area contributed by atoms with Gasteiger partial charge in [0.1, 0.15) is 0 Å². The van der Waals surface area contributed by atoms with E-state index in [9.17, 15) is 8.42 Å². The Morgan fingerprint density at radius 2 is 1.59 bits per heavy atom. The molecule has 1 aliphatic rings. The van der Waals surface area contributed by atoms with Crippen molar-refractivity contribution in [2.75, 3.05) is 62.4 Å². The lowest BCUT2D eigenvalue weighted by molar-refractivity contribution is 0.187. The minimum absolute atomic E-state index is 0.0189. The van der Waals surface area contributed by atoms with Crippen LogP contribution < -0.4 is 14.5 Å². The van der Waals surface area contributed by atoms with Crippen molar-refractivity contribution in [1.82, 2.24) is 9.62 Å². The van der Waals surface area contributed by atoms with Gasteiger partial charge in [-0.15, -0.1) is 0 Å². The third-order valence-electron chi connectivity index (χ3n) is 5.55. The standard InChI is InChI=1S/C22H32N4O2S/c1-4-29(27,28)23-18-22(19-10-12-20(13-11-19)24(2)3)26-16-14-25(15-17-26)21-8-6-5-7-9-21/h5-13,22-23H,4,14-18H2,1-3H3. The van der Waals surface area contributed by atoms with Crippen molar-refractivity contribution in [1.29, 1.82) is 0 Å². The van der Waals surface area contributed by atoms with Gasteiger partial charge in [0.2, 0.25) is 10.0 Å². The van der Waals surface area contributed by atoms with Crippen LogP contribution in [0.15, 0.2) is 54.6 Å². The van der Waals surface area contributed by atoms with Crippen LogP contribution in [0, 0.1) is 0 Å². The lowest BCUT2D eigenvalue weighted by atomic mass is 10.0. The molecule has 1 saturated heterocycles. The van der Waals surface area contributed by atoms with E-state index in [-0.39, 0.29) is 11.8 Å². The number of nitrogens with zero attached hydrogens (tertiary/aromatic N) is 3. The second kappa shape index (κ2) is 9.61. The summed E-state index contributed by atoms with van der Waals surface area (Å²) in [4.78, 5) is 6.85. The highest BCUT2D eigenvalue weighted by atomic mass is 32.2. The van der Waals surface area contributed by atoms with Gasteiger partial charge in [0.25, 0.3) is 0 Å². The molecular formula is C22H32N4O2S. The molecule has 0 saturated carbocycles. The summed E-state index contributed by atoms with van der Waals surface area (Å²) in [6.45, 7) is 5.70. The number of hydrogen-bond acceptors (Lipinski definition) is 5. The second-order valence-corrected chi connectivity index (χ2v) is 9.71. The van der Waals surface area contributed by atoms with E-state index >= 15 is 0 Å². The minimum atomic E-state index is -3.23. The first kappa shape index (κ1) is 21.6. The first-order valence-corrected chi connectivity index (χ1v) is 11.8. The highest BCUT2D eigenvalue weighted by molar-refractivity contribution is 7.89. The maximum Gasteiger partial charge on any atom is 0.211 e. The Kier molecular flexibility index (Phi) is 7.16. The molecule has 0 aromatic heterocycles. The number of benzene rings is 2. The zero-order valence-electron chi connectivity index (χ0n) is 17.6. The van der Waals surface area contributed by atoms with Crippen LogP contribution in [0.2, 0.25) is 0 Å². The monoisotopic (exact) mass is 416 g/mol. The molecule has 1 unspecified atom stereocenters. The molecule has 158 valence electrons. The third kappa shape index (κ3) is 5.72. The number of rotatable bonds is 8. The van der Waals surface area contributed by atoms with E-state index in [1.54, 1.807) is 6.92 Å². The van der Waals surface area contributed by atoms with Crippen LogP contribution >= 0.6 is 0 Å². The number of para-hydroxylation sites is 1. The molecule has 2 aromatic rings. The third-order valence-corrected chi connectivity index (χ3v) is 6.91. The molecule has 7 heteroatoms. The Morgan fingerprint density at radius 1 is 0.966 bits per heavy atom. The van der Waals surface area contributed by atoms with Gasteiger partial charge in [-0.3, -0.25) is 4.90 Å². The lowest BCUT2D eigenvalue weighted by Gasteiger charge is -2.40. The van der Waals surface area contributed by atoms with E-state index in [2.05, 4.69) is 68.0 Å². The minimum Gasteiger partial charge on any atom is -0.378 e. The van der Waals surface area contributed by atoms with Crippen molar-refractivity contribution in [2.45, 2.75) is 13.0 Å². The Bertz CT molecular complexity index is 861. The van der Waals surface area contributed by atoms with Crippen LogP contribution in [-0.4, -0.2) is 65.9 Å². The van der Waals surface area contributed by atoms with Crippen LogP contribution in [0.5, 0.6) is 0 Å². The van der Waals surface area contributed by atoms with Gasteiger partial charge >= 0.3 is 0 Å². The van der Waals surface area contributed by atoms with Crippen molar-refractivity contribution < 1.29 is 8.42 Å². The fraction of sp³-hybridized carbons (Fsp3) is 0.455. The quantitative estimate of drug-likeness (QED) is 0.717. The molecule has 3 rings (SSSR count). The van der Waals surface area contributed by atoms with Gasteiger partial charge in [-0.25, -0.2) is 13.1 Å². The SMILES string of the molecule is CCS(=O)(=O)NCC(c1ccc(N(C)C)cc1)N1CCN(c2ccccc2)CC1. The van der Waals surface area contributed by atoms with Gasteiger partial charge in [-0.1, -0.05) is 30.3 Å². The van der Waals surface area contributed by atoms with Crippen LogP contribution in [-0.2, 0) is 10.0 Å². The molecule has 1 atom stereocenters. The Labute approximate surface area is 175 Å². The molecule has 1 aliphatic heterocycles. The van der Waals surface area contributed by atoms with Crippen molar-refractivity contribution in [2.24, 2.45) is 0 Å². The molecule has 6 nitrogen and oxygen atoms in total. The molecule has 0 radical (unpaired) electrons. The molecule has 1 fully saturated rings. The van der Waals surface area contributed by atoms with E-state index < -0.39 is 10.0 Å². The summed E-state index contributed by atoms with van der Waals surface area (Å²) in [6.07, 6.45) is 0. The smallest absolute Gasteiger partial charge is 0.211 e. The van der Waals surface area contributed by atoms with Crippen molar-refractivity contribution in [3.63, 3.8) is 0 Å². The Hall–Kier alpha value is -2.09. The molecule has 29 heavy (non-hydrogen) atoms. The maximum absolute atomic E-state index is 12.1. The number of hydrogen-bond donors (Lipinski definition) is 1. The van der Waals surface area contributed by atoms with Gasteiger partial charge in [-0.05, 0) is 36.8 Å². The Balaban J connectivity index is 1.74. The average Bonchev–Trinajstić information content (AvgIpc) is 2.75. The summed E-state index contributed by atoms with van der Waals surface area (Å²) < 4.78 is 26.9. The summed E-state index contributed by atoms with van der Waals surface area (Å²) in [6, 6.07) is 18.9. The summed E-state index contributed by atoms with van der Waals surface area (Å²) >= 11 is 0. The number of nitrogens with one attached hydrogen (secondary N) is 1. The predicted molar refractivity (Wildman–Crippen MR) is 121 cm³/mol. The number of sulfonamides is 1. The number of piperazine rings is 1. The van der Waals surface area contributed by atoms with E-state index in [4.69, 9.17) is 0 Å². The van der Waals surface area contributed by atoms with Crippen LogP contribution in [0.1, 0.15) is 18.5 Å². The maximum atomic E-state index is 12.1. The zero-order valence-corrected chi connectivity index (χ0v) is 18.4. The van der Waals surface area contributed by atoms with E-state index in [1.807, 2.05) is 20.2 Å². The normalized spacial score (nSPS) is 16.6. The lowest BCUT2D eigenvalue weighted by Crippen LogP contribution is -2.50. The summed E-state index contributed by atoms with van der Waals surface area (Å²) in [5.74, 6) is 0.0983. The van der Waals surface area contributed by atoms with Crippen molar-refractivity contribution in [3.05, 3.63) is 60.2 Å². The molecular weight excluding hydrogens is 384 g/mol. The van der Waals surface area contributed by atoms with Crippen molar-refractivity contribution in [3.8, 4) is 0 Å². The molecule has 0 aliphatic carbocycles. The van der Waals surface area contributed by atoms with Crippen LogP contribution in [0.4, 0.5) is 11.4 Å². The summed E-state index contributed by atoms with van der Waals surface area (Å²) in [5.41, 5.74) is 3.52. The average molecular weight is 417 g/mol. The van der Waals surface area contributed by atoms with Gasteiger partial charge in [0.15, 0.2) is 0 Å². The number of anilines is 2. The molecule has 0 bridgehead atoms. The highest BCUT2D eigenvalue weighted by Crippen LogP contribution is 2.26. The molecule has 0 amide bonds. The topological polar surface area (TPSA) is 55.9 Å². The van der Waals surface area contributed by atoms with Crippen LogP contribution in [0.3, 0.4) is 0 Å². The molecule has 1 N–H and O–H groups in total. The summed E-state index contributed by atoms with van der Waals surface area (Å²) in [5, 5.41) is 0. The van der Waals surface area contributed by atoms with Crippen molar-refractivity contribution >= 4 is 21.4 Å². The first-order chi connectivity index (χ1) is 13.9. The molecule has 0 spiro atoms. The van der Waals surface area contributed by atoms with E-state index in [0.29, 0.717) is 6.54 Å². The predicted octanol–water partition coefficient (Wildman–Crippen LogP) is 2.56. The summed E-state index contributed by atoms with van der Waals surface area (Å²) in [7, 11) is 0.805. The van der Waals surface area contributed by atoms with Gasteiger partial charge in [0, 0.05) is 64.2 Å². The van der Waals surface area contributed by atoms with Gasteiger partial charge in [-0.2, -0.15) is 0 Å². The van der Waals surface area contributed by atoms with Gasteiger partial charge in [0.05, 0.1) is 5.75 Å². The fourth-order valence-electron chi connectivity index (χ4n) is 3.69. The molecule has 2 aromatic carbocycles. The fourth-order valence-corrected chi connectivity index (χ4v) is 4.31. The van der Waals surface area contributed by atoms with Crippen LogP contribution in [0.25, 0.3) is 0 Å².